The average Bonchev–Trinajstić information content (AvgIpc) is 2.85. The Hall–Kier alpha value is -4.10. The number of anilines is 3. The molecule has 0 spiro atoms. The Labute approximate surface area is 202 Å². The molecule has 0 saturated carbocycles. The first-order valence-corrected chi connectivity index (χ1v) is 10.6. The summed E-state index contributed by atoms with van der Waals surface area (Å²) in [6.07, 6.45) is -6.29. The summed E-state index contributed by atoms with van der Waals surface area (Å²) in [6, 6.07) is 4.06. The zero-order chi connectivity index (χ0) is 27.1. The predicted octanol–water partition coefficient (Wildman–Crippen LogP) is 6.29. The maximum Gasteiger partial charge on any atom is 0.418 e. The van der Waals surface area contributed by atoms with Crippen LogP contribution in [0.25, 0.3) is 22.6 Å². The van der Waals surface area contributed by atoms with E-state index in [2.05, 4.69) is 35.5 Å². The summed E-state index contributed by atoms with van der Waals surface area (Å²) >= 11 is 0. The van der Waals surface area contributed by atoms with Crippen LogP contribution < -0.4 is 11.1 Å². The van der Waals surface area contributed by atoms with Gasteiger partial charge in [-0.1, -0.05) is 27.7 Å². The van der Waals surface area contributed by atoms with E-state index in [0.29, 0.717) is 12.3 Å². The number of aromatic nitrogens is 6. The van der Waals surface area contributed by atoms with E-state index in [1.807, 2.05) is 27.7 Å². The van der Waals surface area contributed by atoms with Crippen LogP contribution in [0.4, 0.5) is 43.7 Å². The van der Waals surface area contributed by atoms with Crippen molar-refractivity contribution in [1.29, 1.82) is 0 Å². The second kappa shape index (κ2) is 11.6. The van der Waals surface area contributed by atoms with Crippen molar-refractivity contribution in [2.24, 2.45) is 0 Å². The van der Waals surface area contributed by atoms with Crippen LogP contribution in [0, 0.1) is 0 Å². The molecular formula is C22H22F6N8. The molecule has 0 unspecified atom stereocenters. The van der Waals surface area contributed by atoms with Crippen molar-refractivity contribution in [1.82, 2.24) is 30.1 Å². The molecule has 4 aromatic heterocycles. The number of alkyl halides is 6. The number of fused-ring (bicyclic) bond motifs is 1. The topological polar surface area (TPSA) is 115 Å². The second-order valence-corrected chi connectivity index (χ2v) is 6.37. The van der Waals surface area contributed by atoms with Crippen molar-refractivity contribution in [3.8, 4) is 11.4 Å². The van der Waals surface area contributed by atoms with Crippen molar-refractivity contribution in [3.63, 3.8) is 0 Å². The summed E-state index contributed by atoms with van der Waals surface area (Å²) < 4.78 is 78.1. The van der Waals surface area contributed by atoms with Crippen LogP contribution in [0.3, 0.4) is 0 Å². The van der Waals surface area contributed by atoms with E-state index in [4.69, 9.17) is 5.73 Å². The molecule has 8 nitrogen and oxygen atoms in total. The van der Waals surface area contributed by atoms with Gasteiger partial charge in [-0.15, -0.1) is 10.2 Å². The number of nitrogens with zero attached hydrogens (tertiary/aromatic N) is 6. The number of nitrogens with one attached hydrogen (secondary N) is 1. The number of halogens is 6. The van der Waals surface area contributed by atoms with Crippen LogP contribution in [0.1, 0.15) is 38.8 Å². The quantitative estimate of drug-likeness (QED) is 0.308. The van der Waals surface area contributed by atoms with Crippen molar-refractivity contribution in [3.05, 3.63) is 54.0 Å². The Morgan fingerprint density at radius 3 is 2.08 bits per heavy atom. The smallest absolute Gasteiger partial charge is 0.382 e. The first-order valence-electron chi connectivity index (χ1n) is 10.6. The van der Waals surface area contributed by atoms with E-state index in [-0.39, 0.29) is 28.4 Å². The molecule has 0 amide bonds. The molecule has 4 aromatic rings. The molecule has 0 aromatic carbocycles. The summed E-state index contributed by atoms with van der Waals surface area (Å²) in [4.78, 5) is 15.9. The monoisotopic (exact) mass is 512 g/mol. The number of hydrogen-bond acceptors (Lipinski definition) is 8. The van der Waals surface area contributed by atoms with Gasteiger partial charge in [0, 0.05) is 12.4 Å². The van der Waals surface area contributed by atoms with Gasteiger partial charge in [0.2, 0.25) is 0 Å². The summed E-state index contributed by atoms with van der Waals surface area (Å²) in [6.45, 7) is 8.00. The number of rotatable bonds is 3. The fourth-order valence-electron chi connectivity index (χ4n) is 2.72. The molecule has 36 heavy (non-hydrogen) atoms. The van der Waals surface area contributed by atoms with Gasteiger partial charge in [-0.2, -0.15) is 26.3 Å². The normalized spacial score (nSPS) is 11.2. The molecule has 0 fully saturated rings. The number of hydrogen-bond donors (Lipinski definition) is 2. The van der Waals surface area contributed by atoms with Crippen LogP contribution in [-0.4, -0.2) is 30.1 Å². The van der Waals surface area contributed by atoms with E-state index in [1.54, 1.807) is 0 Å². The van der Waals surface area contributed by atoms with E-state index in [9.17, 15) is 26.3 Å². The predicted molar refractivity (Wildman–Crippen MR) is 123 cm³/mol. The van der Waals surface area contributed by atoms with Gasteiger partial charge in [0.05, 0.1) is 23.0 Å². The molecule has 192 valence electrons. The largest absolute Gasteiger partial charge is 0.418 e. The lowest BCUT2D eigenvalue weighted by molar-refractivity contribution is -0.138. The molecular weight excluding hydrogens is 490 g/mol. The Bertz CT molecular complexity index is 1290. The summed E-state index contributed by atoms with van der Waals surface area (Å²) in [5.74, 6) is -0.330. The number of pyridine rings is 2. The minimum absolute atomic E-state index is 0.0360. The molecule has 0 saturated heterocycles. The third-order valence-corrected chi connectivity index (χ3v) is 4.16. The van der Waals surface area contributed by atoms with Crippen molar-refractivity contribution in [2.45, 2.75) is 40.0 Å². The number of nitrogen functional groups attached to an aromatic ring is 1. The highest BCUT2D eigenvalue weighted by molar-refractivity contribution is 5.87. The molecule has 0 atom stereocenters. The lowest BCUT2D eigenvalue weighted by Crippen LogP contribution is -2.12. The zero-order valence-electron chi connectivity index (χ0n) is 19.6. The highest BCUT2D eigenvalue weighted by Crippen LogP contribution is 2.36. The van der Waals surface area contributed by atoms with Crippen molar-refractivity contribution < 1.29 is 26.3 Å². The van der Waals surface area contributed by atoms with E-state index in [1.165, 1.54) is 12.3 Å². The van der Waals surface area contributed by atoms with Crippen molar-refractivity contribution in [2.75, 3.05) is 11.1 Å². The molecule has 4 heterocycles. The molecule has 0 bridgehead atoms. The maximum atomic E-state index is 13.4. The first kappa shape index (κ1) is 28.1. The maximum absolute atomic E-state index is 13.4. The van der Waals surface area contributed by atoms with Crippen LogP contribution in [0.2, 0.25) is 0 Å². The van der Waals surface area contributed by atoms with Crippen LogP contribution in [-0.2, 0) is 12.4 Å². The minimum atomic E-state index is -4.76. The van der Waals surface area contributed by atoms with Gasteiger partial charge in [-0.25, -0.2) is 19.9 Å². The Kier molecular flexibility index (Phi) is 9.03. The molecule has 0 aliphatic heterocycles. The highest BCUT2D eigenvalue weighted by Gasteiger charge is 2.36. The van der Waals surface area contributed by atoms with E-state index >= 15 is 0 Å². The van der Waals surface area contributed by atoms with Gasteiger partial charge in [-0.05, 0) is 24.3 Å². The Morgan fingerprint density at radius 2 is 1.50 bits per heavy atom. The summed E-state index contributed by atoms with van der Waals surface area (Å²) in [7, 11) is 0. The lowest BCUT2D eigenvalue weighted by atomic mass is 10.1. The van der Waals surface area contributed by atoms with Gasteiger partial charge in [0.1, 0.15) is 28.5 Å². The standard InChI is InChI=1S/C18H10F6N8.2C2H6/c19-17(20,21)8-1-2-13(27-6-8)29-10-3-4-26-16-15(10)28-7-11(30-16)14-9(18(22,23)24)5-12(25)31-32-14;2*1-2/h1-7H,(H2,25,31)(H,26,27,29,30);2*1-2H3. The Balaban J connectivity index is 0.00000109. The highest BCUT2D eigenvalue weighted by atomic mass is 19.4. The first-order chi connectivity index (χ1) is 17.0. The van der Waals surface area contributed by atoms with Gasteiger partial charge in [0.25, 0.3) is 0 Å². The van der Waals surface area contributed by atoms with E-state index in [0.717, 1.165) is 18.3 Å². The second-order valence-electron chi connectivity index (χ2n) is 6.37. The Morgan fingerprint density at radius 1 is 0.806 bits per heavy atom. The SMILES string of the molecule is CC.CC.Nc1cc(C(F)(F)F)c(-c2cnc3c(Nc4ccc(C(F)(F)F)cn4)ccnc3n2)nn1. The average molecular weight is 512 g/mol. The number of nitrogens with two attached hydrogens (primary N) is 1. The third-order valence-electron chi connectivity index (χ3n) is 4.16. The summed E-state index contributed by atoms with van der Waals surface area (Å²) in [5.41, 5.74) is 2.84. The van der Waals surface area contributed by atoms with Crippen LogP contribution in [0.15, 0.2) is 42.9 Å². The third kappa shape index (κ3) is 6.52. The van der Waals surface area contributed by atoms with E-state index < -0.39 is 35.0 Å². The van der Waals surface area contributed by atoms with Gasteiger partial charge in [-0.3, -0.25) is 0 Å². The van der Waals surface area contributed by atoms with Gasteiger partial charge < -0.3 is 11.1 Å². The van der Waals surface area contributed by atoms with Crippen molar-refractivity contribution >= 4 is 28.5 Å². The molecule has 4 rings (SSSR count). The van der Waals surface area contributed by atoms with Crippen LogP contribution in [0.5, 0.6) is 0 Å². The fraction of sp³-hybridized carbons (Fsp3) is 0.273. The molecule has 0 radical (unpaired) electrons. The van der Waals surface area contributed by atoms with Gasteiger partial charge in [0.15, 0.2) is 5.65 Å². The zero-order valence-corrected chi connectivity index (χ0v) is 19.6. The summed E-state index contributed by atoms with van der Waals surface area (Å²) in [5, 5.41) is 9.73. The lowest BCUT2D eigenvalue weighted by Gasteiger charge is -2.12. The molecule has 3 N–H and O–H groups in total. The fourth-order valence-corrected chi connectivity index (χ4v) is 2.72. The minimum Gasteiger partial charge on any atom is -0.382 e. The molecule has 0 aliphatic rings. The molecule has 0 aliphatic carbocycles. The molecule has 14 heteroatoms. The van der Waals surface area contributed by atoms with Crippen LogP contribution >= 0.6 is 0 Å². The van der Waals surface area contributed by atoms with Gasteiger partial charge >= 0.3 is 12.4 Å².